The van der Waals surface area contributed by atoms with Crippen LogP contribution in [0, 0.1) is 5.82 Å². The Bertz CT molecular complexity index is 1340. The smallest absolute Gasteiger partial charge is 0.326 e. The summed E-state index contributed by atoms with van der Waals surface area (Å²) in [7, 11) is 0. The highest BCUT2D eigenvalue weighted by Crippen LogP contribution is 2.30. The van der Waals surface area contributed by atoms with E-state index in [-0.39, 0.29) is 12.8 Å². The van der Waals surface area contributed by atoms with Crippen LogP contribution in [0.15, 0.2) is 103 Å². The van der Waals surface area contributed by atoms with Gasteiger partial charge in [-0.2, -0.15) is 0 Å². The van der Waals surface area contributed by atoms with Crippen molar-refractivity contribution in [2.45, 2.75) is 32.1 Å². The molecule has 2 N–H and O–H groups in total. The Balaban J connectivity index is 1.47. The van der Waals surface area contributed by atoms with E-state index < -0.39 is 23.7 Å². The Morgan fingerprint density at radius 3 is 1.84 bits per heavy atom. The van der Waals surface area contributed by atoms with Gasteiger partial charge >= 0.3 is 5.97 Å². The van der Waals surface area contributed by atoms with Gasteiger partial charge in [0.05, 0.1) is 6.42 Å². The summed E-state index contributed by atoms with van der Waals surface area (Å²) in [5.74, 6) is -1.02. The molecule has 0 saturated heterocycles. The Hall–Kier alpha value is -4.65. The molecule has 0 saturated carbocycles. The number of carboxylic acid groups (broad SMARTS) is 1. The Kier molecular flexibility index (Phi) is 9.07. The molecule has 0 bridgehead atoms. The first kappa shape index (κ1) is 26.4. The minimum absolute atomic E-state index is 0.0468. The molecule has 4 rings (SSSR count). The third-order valence-corrected chi connectivity index (χ3v) is 5.83. The van der Waals surface area contributed by atoms with Crippen LogP contribution in [0.1, 0.15) is 22.3 Å². The van der Waals surface area contributed by atoms with E-state index in [9.17, 15) is 19.1 Å². The summed E-state index contributed by atoms with van der Waals surface area (Å²) in [4.78, 5) is 24.4. The number of amides is 1. The Morgan fingerprint density at radius 2 is 1.26 bits per heavy atom. The minimum atomic E-state index is -1.16. The van der Waals surface area contributed by atoms with Crippen LogP contribution in [0.25, 0.3) is 0 Å². The molecule has 0 spiro atoms. The van der Waals surface area contributed by atoms with Crippen molar-refractivity contribution < 1.29 is 28.6 Å². The largest absolute Gasteiger partial charge is 0.485 e. The molecule has 7 heteroatoms. The average Bonchev–Trinajstić information content (AvgIpc) is 2.93. The molecule has 0 aliphatic rings. The summed E-state index contributed by atoms with van der Waals surface area (Å²) < 4.78 is 25.2. The molecule has 0 fully saturated rings. The van der Waals surface area contributed by atoms with Gasteiger partial charge in [0.2, 0.25) is 5.91 Å². The number of nitrogens with one attached hydrogen (secondary N) is 1. The fraction of sp³-hybridized carbons (Fsp3) is 0.161. The fourth-order valence-corrected chi connectivity index (χ4v) is 3.85. The molecule has 4 aromatic rings. The Morgan fingerprint density at radius 1 is 0.711 bits per heavy atom. The first-order chi connectivity index (χ1) is 18.5. The molecular formula is C31H28FNO5. The van der Waals surface area contributed by atoms with Crippen LogP contribution in [0.3, 0.4) is 0 Å². The molecule has 6 nitrogen and oxygen atoms in total. The summed E-state index contributed by atoms with van der Waals surface area (Å²) in [6, 6.07) is 29.0. The van der Waals surface area contributed by atoms with Crippen molar-refractivity contribution in [1.82, 2.24) is 5.32 Å². The van der Waals surface area contributed by atoms with Crippen LogP contribution in [-0.4, -0.2) is 23.0 Å². The SMILES string of the molecule is O=C(Cc1ccc(F)cc1)N[C@@H](Cc1ccc(OCc2ccccc2)c(OCc2ccccc2)c1)C(=O)O. The molecule has 0 unspecified atom stereocenters. The monoisotopic (exact) mass is 513 g/mol. The molecular weight excluding hydrogens is 485 g/mol. The van der Waals surface area contributed by atoms with E-state index in [4.69, 9.17) is 9.47 Å². The number of halogens is 1. The molecule has 194 valence electrons. The van der Waals surface area contributed by atoms with Crippen molar-refractivity contribution in [3.05, 3.63) is 131 Å². The first-order valence-electron chi connectivity index (χ1n) is 12.2. The lowest BCUT2D eigenvalue weighted by Gasteiger charge is -2.17. The van der Waals surface area contributed by atoms with Crippen molar-refractivity contribution in [3.63, 3.8) is 0 Å². The van der Waals surface area contributed by atoms with Gasteiger partial charge in [0.25, 0.3) is 0 Å². The van der Waals surface area contributed by atoms with Gasteiger partial charge in [-0.15, -0.1) is 0 Å². The van der Waals surface area contributed by atoms with E-state index >= 15 is 0 Å². The Labute approximate surface area is 220 Å². The molecule has 0 radical (unpaired) electrons. The number of hydrogen-bond acceptors (Lipinski definition) is 4. The van der Waals surface area contributed by atoms with Crippen molar-refractivity contribution >= 4 is 11.9 Å². The fourth-order valence-electron chi connectivity index (χ4n) is 3.85. The number of carboxylic acids is 1. The van der Waals surface area contributed by atoms with Gasteiger partial charge in [0.1, 0.15) is 25.1 Å². The molecule has 0 aliphatic heterocycles. The highest BCUT2D eigenvalue weighted by Gasteiger charge is 2.21. The molecule has 38 heavy (non-hydrogen) atoms. The quantitative estimate of drug-likeness (QED) is 0.267. The van der Waals surface area contributed by atoms with Crippen molar-refractivity contribution in [2.24, 2.45) is 0 Å². The van der Waals surface area contributed by atoms with Gasteiger partial charge in [0, 0.05) is 6.42 Å². The first-order valence-corrected chi connectivity index (χ1v) is 12.2. The third-order valence-electron chi connectivity index (χ3n) is 5.83. The summed E-state index contributed by atoms with van der Waals surface area (Å²) in [5.41, 5.74) is 3.22. The number of carbonyl (C=O) groups excluding carboxylic acids is 1. The molecule has 0 aliphatic carbocycles. The second-order valence-corrected chi connectivity index (χ2v) is 8.80. The zero-order valence-electron chi connectivity index (χ0n) is 20.7. The van der Waals surface area contributed by atoms with Crippen LogP contribution in [0.5, 0.6) is 11.5 Å². The van der Waals surface area contributed by atoms with Crippen molar-refractivity contribution in [3.8, 4) is 11.5 Å². The van der Waals surface area contributed by atoms with Gasteiger partial charge in [-0.1, -0.05) is 78.9 Å². The lowest BCUT2D eigenvalue weighted by atomic mass is 10.0. The van der Waals surface area contributed by atoms with Gasteiger partial charge in [-0.05, 0) is 46.5 Å². The van der Waals surface area contributed by atoms with Crippen LogP contribution in [0.2, 0.25) is 0 Å². The number of rotatable bonds is 12. The van der Waals surface area contributed by atoms with E-state index in [2.05, 4.69) is 5.32 Å². The predicted octanol–water partition coefficient (Wildman–Crippen LogP) is 5.34. The van der Waals surface area contributed by atoms with E-state index in [1.807, 2.05) is 60.7 Å². The van der Waals surface area contributed by atoms with Crippen molar-refractivity contribution in [1.29, 1.82) is 0 Å². The summed E-state index contributed by atoms with van der Waals surface area (Å²) in [6.07, 6.45) is -0.00703. The maximum absolute atomic E-state index is 13.1. The normalized spacial score (nSPS) is 11.4. The summed E-state index contributed by atoms with van der Waals surface area (Å²) >= 11 is 0. The van der Waals surface area contributed by atoms with Gasteiger partial charge in [-0.3, -0.25) is 4.79 Å². The molecule has 0 aromatic heterocycles. The highest BCUT2D eigenvalue weighted by molar-refractivity contribution is 5.85. The van der Waals surface area contributed by atoms with Gasteiger partial charge in [-0.25, -0.2) is 9.18 Å². The second kappa shape index (κ2) is 13.1. The number of benzene rings is 4. The number of hydrogen-bond donors (Lipinski definition) is 2. The predicted molar refractivity (Wildman–Crippen MR) is 141 cm³/mol. The van der Waals surface area contributed by atoms with Crippen LogP contribution in [0.4, 0.5) is 4.39 Å². The second-order valence-electron chi connectivity index (χ2n) is 8.80. The van der Waals surface area contributed by atoms with E-state index in [0.29, 0.717) is 35.8 Å². The number of aliphatic carboxylic acids is 1. The molecule has 0 heterocycles. The van der Waals surface area contributed by atoms with E-state index in [1.54, 1.807) is 18.2 Å². The highest BCUT2D eigenvalue weighted by atomic mass is 19.1. The molecule has 4 aromatic carbocycles. The maximum atomic E-state index is 13.1. The van der Waals surface area contributed by atoms with Crippen LogP contribution >= 0.6 is 0 Å². The standard InChI is InChI=1S/C31H28FNO5/c32-26-14-11-22(12-15-26)19-30(34)33-27(31(35)36)17-25-13-16-28(37-20-23-7-3-1-4-8-23)29(18-25)38-21-24-9-5-2-6-10-24/h1-16,18,27H,17,19-21H2,(H,33,34)(H,35,36)/t27-/m0/s1. The summed E-state index contributed by atoms with van der Waals surface area (Å²) in [6.45, 7) is 0.655. The number of carbonyl (C=O) groups is 2. The van der Waals surface area contributed by atoms with E-state index in [0.717, 1.165) is 11.1 Å². The summed E-state index contributed by atoms with van der Waals surface area (Å²) in [5, 5.41) is 12.3. The van der Waals surface area contributed by atoms with Crippen LogP contribution in [-0.2, 0) is 35.6 Å². The zero-order chi connectivity index (χ0) is 26.7. The average molecular weight is 514 g/mol. The minimum Gasteiger partial charge on any atom is -0.485 e. The van der Waals surface area contributed by atoms with Gasteiger partial charge < -0.3 is 19.9 Å². The third kappa shape index (κ3) is 7.93. The molecule has 1 atom stereocenters. The van der Waals surface area contributed by atoms with Gasteiger partial charge in [0.15, 0.2) is 11.5 Å². The molecule has 1 amide bonds. The lowest BCUT2D eigenvalue weighted by molar-refractivity contribution is -0.141. The van der Waals surface area contributed by atoms with Crippen molar-refractivity contribution in [2.75, 3.05) is 0 Å². The zero-order valence-corrected chi connectivity index (χ0v) is 20.7. The van der Waals surface area contributed by atoms with Crippen LogP contribution < -0.4 is 14.8 Å². The topological polar surface area (TPSA) is 84.9 Å². The lowest BCUT2D eigenvalue weighted by Crippen LogP contribution is -2.43. The van der Waals surface area contributed by atoms with E-state index in [1.165, 1.54) is 24.3 Å². The maximum Gasteiger partial charge on any atom is 0.326 e. The number of ether oxygens (including phenoxy) is 2.